The third-order valence-electron chi connectivity index (χ3n) is 4.49. The Morgan fingerprint density at radius 3 is 2.35 bits per heavy atom. The summed E-state index contributed by atoms with van der Waals surface area (Å²) in [5.41, 5.74) is 2.51. The largest absolute Gasteiger partial charge is 0.368 e. The number of hydrogen-bond donors (Lipinski definition) is 0. The van der Waals surface area contributed by atoms with E-state index in [0.29, 0.717) is 36.8 Å². The molecule has 3 aromatic rings. The van der Waals surface area contributed by atoms with Gasteiger partial charge in [-0.3, -0.25) is 4.79 Å². The summed E-state index contributed by atoms with van der Waals surface area (Å²) in [5.74, 6) is -0.272. The maximum Gasteiger partial charge on any atom is 0.268 e. The van der Waals surface area contributed by atoms with Crippen LogP contribution < -0.4 is 4.90 Å². The Hall–Kier alpha value is -2.80. The molecule has 7 heteroatoms. The number of anilines is 1. The van der Waals surface area contributed by atoms with Gasteiger partial charge in [-0.05, 0) is 35.8 Å². The Morgan fingerprint density at radius 1 is 0.962 bits per heavy atom. The number of hydrogen-bond acceptors (Lipinski definition) is 5. The summed E-state index contributed by atoms with van der Waals surface area (Å²) in [6, 6.07) is 16.1. The summed E-state index contributed by atoms with van der Waals surface area (Å²) in [4.78, 5) is 17.5. The molecule has 0 spiro atoms. The minimum Gasteiger partial charge on any atom is -0.368 e. The number of carbonyl (C=O) groups excluding carboxylic acids is 1. The lowest BCUT2D eigenvalue weighted by atomic mass is 10.1. The van der Waals surface area contributed by atoms with E-state index in [0.717, 1.165) is 22.8 Å². The lowest BCUT2D eigenvalue weighted by Gasteiger charge is -2.36. The van der Waals surface area contributed by atoms with Gasteiger partial charge in [0.2, 0.25) is 0 Å². The first-order valence-electron chi connectivity index (χ1n) is 8.40. The monoisotopic (exact) mass is 368 g/mol. The van der Waals surface area contributed by atoms with Crippen LogP contribution in [0.1, 0.15) is 9.67 Å². The molecule has 0 bridgehead atoms. The van der Waals surface area contributed by atoms with E-state index in [1.54, 1.807) is 12.1 Å². The zero-order valence-corrected chi connectivity index (χ0v) is 14.8. The van der Waals surface area contributed by atoms with Crippen molar-refractivity contribution >= 4 is 23.1 Å². The summed E-state index contributed by atoms with van der Waals surface area (Å²) in [6.45, 7) is 2.65. The summed E-state index contributed by atoms with van der Waals surface area (Å²) in [6.07, 6.45) is 0. The van der Waals surface area contributed by atoms with Gasteiger partial charge in [-0.25, -0.2) is 4.39 Å². The predicted molar refractivity (Wildman–Crippen MR) is 99.9 cm³/mol. The molecule has 0 aliphatic carbocycles. The van der Waals surface area contributed by atoms with E-state index in [9.17, 15) is 9.18 Å². The van der Waals surface area contributed by atoms with Crippen LogP contribution in [0.25, 0.3) is 11.3 Å². The molecule has 2 aromatic carbocycles. The third-order valence-corrected chi connectivity index (χ3v) is 5.20. The summed E-state index contributed by atoms with van der Waals surface area (Å²) in [5, 5.41) is 4.15. The van der Waals surface area contributed by atoms with Gasteiger partial charge < -0.3 is 9.80 Å². The molecule has 4 rings (SSSR count). The Balaban J connectivity index is 1.46. The molecule has 0 radical (unpaired) electrons. The average Bonchev–Trinajstić information content (AvgIpc) is 3.19. The quantitative estimate of drug-likeness (QED) is 0.712. The second-order valence-electron chi connectivity index (χ2n) is 6.07. The molecule has 0 atom stereocenters. The second-order valence-corrected chi connectivity index (χ2v) is 6.83. The van der Waals surface area contributed by atoms with Crippen LogP contribution in [0.15, 0.2) is 54.6 Å². The number of aromatic nitrogens is 2. The molecule has 0 unspecified atom stereocenters. The molecule has 5 nitrogen and oxygen atoms in total. The molecule has 132 valence electrons. The van der Waals surface area contributed by atoms with Crippen molar-refractivity contribution in [1.82, 2.24) is 14.5 Å². The molecule has 0 saturated carbocycles. The van der Waals surface area contributed by atoms with Crippen molar-refractivity contribution < 1.29 is 9.18 Å². The number of rotatable bonds is 3. The summed E-state index contributed by atoms with van der Waals surface area (Å²) >= 11 is 1.14. The molecule has 26 heavy (non-hydrogen) atoms. The number of nitrogens with zero attached hydrogens (tertiary/aromatic N) is 4. The molecular weight excluding hydrogens is 351 g/mol. The molecule has 2 heterocycles. The van der Waals surface area contributed by atoms with E-state index in [-0.39, 0.29) is 11.7 Å². The minimum absolute atomic E-state index is 0.0300. The number of carbonyl (C=O) groups is 1. The van der Waals surface area contributed by atoms with Gasteiger partial charge in [-0.1, -0.05) is 34.8 Å². The van der Waals surface area contributed by atoms with Gasteiger partial charge in [0, 0.05) is 37.4 Å². The van der Waals surface area contributed by atoms with Crippen LogP contribution in [0.5, 0.6) is 0 Å². The topological polar surface area (TPSA) is 49.3 Å². The van der Waals surface area contributed by atoms with Gasteiger partial charge in [-0.15, -0.1) is 5.10 Å². The minimum atomic E-state index is -0.242. The van der Waals surface area contributed by atoms with Crippen LogP contribution in [0.3, 0.4) is 0 Å². The highest BCUT2D eigenvalue weighted by atomic mass is 32.1. The van der Waals surface area contributed by atoms with E-state index in [1.165, 1.54) is 12.1 Å². The van der Waals surface area contributed by atoms with Crippen LogP contribution in [0.2, 0.25) is 0 Å². The van der Waals surface area contributed by atoms with Crippen LogP contribution in [-0.4, -0.2) is 46.6 Å². The average molecular weight is 368 g/mol. The highest BCUT2D eigenvalue weighted by Gasteiger charge is 2.26. The zero-order chi connectivity index (χ0) is 17.9. The standard InChI is InChI=1S/C19H17FN4OS/c20-15-6-8-16(9-7-15)23-10-12-24(13-11-23)19(25)18-17(21-22-26-18)14-4-2-1-3-5-14/h1-9H,10-13H2. The number of amides is 1. The fraction of sp³-hybridized carbons (Fsp3) is 0.211. The molecule has 1 fully saturated rings. The summed E-state index contributed by atoms with van der Waals surface area (Å²) in [7, 11) is 0. The maximum absolute atomic E-state index is 13.1. The SMILES string of the molecule is O=C(c1snnc1-c1ccccc1)N1CCN(c2ccc(F)cc2)CC1. The number of halogens is 1. The lowest BCUT2D eigenvalue weighted by molar-refractivity contribution is 0.0752. The Morgan fingerprint density at radius 2 is 1.65 bits per heavy atom. The van der Waals surface area contributed by atoms with Crippen LogP contribution >= 0.6 is 11.5 Å². The first-order chi connectivity index (χ1) is 12.7. The first-order valence-corrected chi connectivity index (χ1v) is 9.17. The van der Waals surface area contributed by atoms with E-state index < -0.39 is 0 Å². The first kappa shape index (κ1) is 16.7. The molecule has 1 saturated heterocycles. The van der Waals surface area contributed by atoms with E-state index in [1.807, 2.05) is 35.2 Å². The van der Waals surface area contributed by atoms with Crippen molar-refractivity contribution in [2.75, 3.05) is 31.1 Å². The molecule has 1 aliphatic rings. The van der Waals surface area contributed by atoms with Gasteiger partial charge in [0.25, 0.3) is 5.91 Å². The van der Waals surface area contributed by atoms with Crippen molar-refractivity contribution in [3.05, 3.63) is 65.3 Å². The number of piperazine rings is 1. The maximum atomic E-state index is 13.1. The number of benzene rings is 2. The van der Waals surface area contributed by atoms with E-state index in [2.05, 4.69) is 14.5 Å². The second kappa shape index (κ2) is 7.21. The highest BCUT2D eigenvalue weighted by Crippen LogP contribution is 2.26. The van der Waals surface area contributed by atoms with Crippen LogP contribution in [0, 0.1) is 5.82 Å². The van der Waals surface area contributed by atoms with Crippen molar-refractivity contribution in [2.45, 2.75) is 0 Å². The van der Waals surface area contributed by atoms with Crippen LogP contribution in [0.4, 0.5) is 10.1 Å². The smallest absolute Gasteiger partial charge is 0.268 e. The normalized spacial score (nSPS) is 14.5. The Kier molecular flexibility index (Phi) is 4.62. The Labute approximate surface area is 154 Å². The van der Waals surface area contributed by atoms with Crippen molar-refractivity contribution in [3.8, 4) is 11.3 Å². The van der Waals surface area contributed by atoms with Crippen molar-refractivity contribution in [3.63, 3.8) is 0 Å². The zero-order valence-electron chi connectivity index (χ0n) is 14.0. The molecule has 1 aromatic heterocycles. The molecule has 1 amide bonds. The van der Waals surface area contributed by atoms with E-state index in [4.69, 9.17) is 0 Å². The van der Waals surface area contributed by atoms with E-state index >= 15 is 0 Å². The highest BCUT2D eigenvalue weighted by molar-refractivity contribution is 7.08. The van der Waals surface area contributed by atoms with Gasteiger partial charge in [0.1, 0.15) is 16.4 Å². The van der Waals surface area contributed by atoms with Crippen molar-refractivity contribution in [1.29, 1.82) is 0 Å². The Bertz CT molecular complexity index is 889. The lowest BCUT2D eigenvalue weighted by Crippen LogP contribution is -2.48. The molecular formula is C19H17FN4OS. The molecule has 0 N–H and O–H groups in total. The van der Waals surface area contributed by atoms with Crippen LogP contribution in [-0.2, 0) is 0 Å². The summed E-state index contributed by atoms with van der Waals surface area (Å²) < 4.78 is 17.1. The van der Waals surface area contributed by atoms with Gasteiger partial charge in [0.05, 0.1) is 0 Å². The van der Waals surface area contributed by atoms with Gasteiger partial charge >= 0.3 is 0 Å². The fourth-order valence-corrected chi connectivity index (χ4v) is 3.74. The molecule has 1 aliphatic heterocycles. The third kappa shape index (κ3) is 3.30. The van der Waals surface area contributed by atoms with Gasteiger partial charge in [0.15, 0.2) is 0 Å². The van der Waals surface area contributed by atoms with Gasteiger partial charge in [-0.2, -0.15) is 0 Å². The predicted octanol–water partition coefficient (Wildman–Crippen LogP) is 3.31. The fourth-order valence-electron chi connectivity index (χ4n) is 3.08. The van der Waals surface area contributed by atoms with Crippen molar-refractivity contribution in [2.24, 2.45) is 0 Å².